The molecule has 0 radical (unpaired) electrons. The average molecular weight is 226 g/mol. The predicted molar refractivity (Wildman–Crippen MR) is 53.6 cm³/mol. The van der Waals surface area contributed by atoms with Crippen molar-refractivity contribution in [1.82, 2.24) is 0 Å². The first-order chi connectivity index (χ1) is 7.31. The zero-order valence-corrected chi connectivity index (χ0v) is 8.58. The van der Waals surface area contributed by atoms with Gasteiger partial charge in [0.25, 0.3) is 0 Å². The number of benzene rings is 1. The number of halogens is 1. The molecule has 0 spiro atoms. The maximum Gasteiger partial charge on any atom is 0.235 e. The standard InChI is InChI=1S/C10H8ClNO3/c11-9-1-7(3-12-5-13)10-8(2-9)4-14-6-15-10/h1-2H,3-4,6H2. The fraction of sp³-hybridized carbons (Fsp3) is 0.300. The second-order valence-corrected chi connectivity index (χ2v) is 3.51. The third-order valence-electron chi connectivity index (χ3n) is 2.07. The van der Waals surface area contributed by atoms with Crippen LogP contribution >= 0.6 is 11.6 Å². The van der Waals surface area contributed by atoms with Gasteiger partial charge < -0.3 is 9.47 Å². The van der Waals surface area contributed by atoms with E-state index < -0.39 is 0 Å². The number of isocyanates is 1. The van der Waals surface area contributed by atoms with Crippen molar-refractivity contribution >= 4 is 17.7 Å². The summed E-state index contributed by atoms with van der Waals surface area (Å²) >= 11 is 5.91. The zero-order valence-electron chi connectivity index (χ0n) is 7.83. The van der Waals surface area contributed by atoms with Crippen LogP contribution in [-0.2, 0) is 22.7 Å². The van der Waals surface area contributed by atoms with Crippen LogP contribution in [0.2, 0.25) is 5.02 Å². The molecule has 1 heterocycles. The minimum Gasteiger partial charge on any atom is -0.467 e. The summed E-state index contributed by atoms with van der Waals surface area (Å²) < 4.78 is 10.5. The van der Waals surface area contributed by atoms with Crippen LogP contribution in [-0.4, -0.2) is 12.9 Å². The van der Waals surface area contributed by atoms with Gasteiger partial charge >= 0.3 is 0 Å². The molecule has 1 aliphatic heterocycles. The lowest BCUT2D eigenvalue weighted by atomic mass is 10.1. The topological polar surface area (TPSA) is 47.9 Å². The van der Waals surface area contributed by atoms with Gasteiger partial charge in [0.05, 0.1) is 13.2 Å². The molecule has 0 amide bonds. The molecule has 4 nitrogen and oxygen atoms in total. The number of nitrogens with zero attached hydrogens (tertiary/aromatic N) is 1. The van der Waals surface area contributed by atoms with Crippen LogP contribution in [0.25, 0.3) is 0 Å². The van der Waals surface area contributed by atoms with Crippen LogP contribution in [0.5, 0.6) is 5.75 Å². The van der Waals surface area contributed by atoms with E-state index in [1.807, 2.05) is 0 Å². The van der Waals surface area contributed by atoms with Crippen molar-refractivity contribution in [2.45, 2.75) is 13.2 Å². The van der Waals surface area contributed by atoms with Gasteiger partial charge in [0.15, 0.2) is 6.79 Å². The average Bonchev–Trinajstić information content (AvgIpc) is 2.25. The number of aliphatic imine (C=N–C) groups is 1. The summed E-state index contributed by atoms with van der Waals surface area (Å²) in [4.78, 5) is 13.5. The lowest BCUT2D eigenvalue weighted by Gasteiger charge is -2.20. The first kappa shape index (κ1) is 10.2. The SMILES string of the molecule is O=C=NCc1cc(Cl)cc2c1OCOC2. The van der Waals surface area contributed by atoms with Gasteiger partial charge in [-0.3, -0.25) is 0 Å². The highest BCUT2D eigenvalue weighted by molar-refractivity contribution is 6.30. The molecule has 0 aliphatic carbocycles. The Bertz CT molecular complexity index is 427. The summed E-state index contributed by atoms with van der Waals surface area (Å²) in [7, 11) is 0. The summed E-state index contributed by atoms with van der Waals surface area (Å²) in [6, 6.07) is 3.51. The molecule has 0 unspecified atom stereocenters. The molecular weight excluding hydrogens is 218 g/mol. The van der Waals surface area contributed by atoms with Crippen molar-refractivity contribution in [3.05, 3.63) is 28.3 Å². The van der Waals surface area contributed by atoms with Crippen LogP contribution in [0.1, 0.15) is 11.1 Å². The third kappa shape index (κ3) is 2.18. The zero-order chi connectivity index (χ0) is 10.7. The highest BCUT2D eigenvalue weighted by atomic mass is 35.5. The number of hydrogen-bond acceptors (Lipinski definition) is 4. The summed E-state index contributed by atoms with van der Waals surface area (Å²) in [5.74, 6) is 0.713. The molecule has 0 saturated heterocycles. The molecule has 78 valence electrons. The molecule has 0 atom stereocenters. The van der Waals surface area contributed by atoms with Gasteiger partial charge in [0.1, 0.15) is 5.75 Å². The maximum atomic E-state index is 10.0. The van der Waals surface area contributed by atoms with Crippen molar-refractivity contribution in [2.24, 2.45) is 4.99 Å². The molecular formula is C10H8ClNO3. The van der Waals surface area contributed by atoms with Gasteiger partial charge in [0, 0.05) is 16.1 Å². The lowest BCUT2D eigenvalue weighted by Crippen LogP contribution is -2.13. The molecule has 0 aromatic heterocycles. The summed E-state index contributed by atoms with van der Waals surface area (Å²) in [6.07, 6.45) is 1.49. The van der Waals surface area contributed by atoms with Crippen LogP contribution in [0.15, 0.2) is 17.1 Å². The smallest absolute Gasteiger partial charge is 0.235 e. The van der Waals surface area contributed by atoms with Gasteiger partial charge in [-0.05, 0) is 12.1 Å². The van der Waals surface area contributed by atoms with Gasteiger partial charge in [-0.2, -0.15) is 0 Å². The summed E-state index contributed by atoms with van der Waals surface area (Å²) in [6.45, 7) is 0.909. The molecule has 1 aromatic rings. The number of fused-ring (bicyclic) bond motifs is 1. The Labute approximate surface area is 91.5 Å². The first-order valence-electron chi connectivity index (χ1n) is 4.36. The second-order valence-electron chi connectivity index (χ2n) is 3.07. The Kier molecular flexibility index (Phi) is 3.02. The molecule has 1 aromatic carbocycles. The fourth-order valence-corrected chi connectivity index (χ4v) is 1.76. The van der Waals surface area contributed by atoms with Crippen molar-refractivity contribution in [2.75, 3.05) is 6.79 Å². The van der Waals surface area contributed by atoms with E-state index >= 15 is 0 Å². The fourth-order valence-electron chi connectivity index (χ4n) is 1.49. The molecule has 0 bridgehead atoms. The Hall–Kier alpha value is -1.35. The van der Waals surface area contributed by atoms with Crippen LogP contribution < -0.4 is 4.74 Å². The number of rotatable bonds is 2. The van der Waals surface area contributed by atoms with E-state index in [1.54, 1.807) is 12.1 Å². The Morgan fingerprint density at radius 1 is 1.53 bits per heavy atom. The minimum atomic E-state index is 0.215. The summed E-state index contributed by atoms with van der Waals surface area (Å²) in [5.41, 5.74) is 1.66. The quantitative estimate of drug-likeness (QED) is 0.572. The van der Waals surface area contributed by atoms with Gasteiger partial charge in [-0.25, -0.2) is 9.79 Å². The van der Waals surface area contributed by atoms with E-state index in [2.05, 4.69) is 4.99 Å². The van der Waals surface area contributed by atoms with Crippen LogP contribution in [0.4, 0.5) is 0 Å². The van der Waals surface area contributed by atoms with Crippen molar-refractivity contribution in [3.8, 4) is 5.75 Å². The molecule has 1 aliphatic rings. The van der Waals surface area contributed by atoms with Gasteiger partial charge in [-0.15, -0.1) is 0 Å². The largest absolute Gasteiger partial charge is 0.467 e. The van der Waals surface area contributed by atoms with E-state index in [0.717, 1.165) is 11.1 Å². The second kappa shape index (κ2) is 4.45. The minimum absolute atomic E-state index is 0.215. The number of hydrogen-bond donors (Lipinski definition) is 0. The third-order valence-corrected chi connectivity index (χ3v) is 2.28. The van der Waals surface area contributed by atoms with E-state index in [9.17, 15) is 4.79 Å². The molecule has 0 saturated carbocycles. The maximum absolute atomic E-state index is 10.0. The molecule has 0 fully saturated rings. The van der Waals surface area contributed by atoms with Gasteiger partial charge in [-0.1, -0.05) is 11.6 Å². The predicted octanol–water partition coefficient (Wildman–Crippen LogP) is 2.04. The van der Waals surface area contributed by atoms with Crippen LogP contribution in [0, 0.1) is 0 Å². The lowest BCUT2D eigenvalue weighted by molar-refractivity contribution is -0.0170. The Morgan fingerprint density at radius 3 is 3.20 bits per heavy atom. The van der Waals surface area contributed by atoms with Crippen molar-refractivity contribution < 1.29 is 14.3 Å². The normalized spacial score (nSPS) is 13.7. The van der Waals surface area contributed by atoms with E-state index in [-0.39, 0.29) is 13.3 Å². The van der Waals surface area contributed by atoms with E-state index in [4.69, 9.17) is 21.1 Å². The van der Waals surface area contributed by atoms with Gasteiger partial charge in [0.2, 0.25) is 6.08 Å². The Morgan fingerprint density at radius 2 is 2.40 bits per heavy atom. The summed E-state index contributed by atoms with van der Waals surface area (Å²) in [5, 5.41) is 0.582. The monoisotopic (exact) mass is 225 g/mol. The highest BCUT2D eigenvalue weighted by Crippen LogP contribution is 2.31. The van der Waals surface area contributed by atoms with Crippen molar-refractivity contribution in [1.29, 1.82) is 0 Å². The molecule has 15 heavy (non-hydrogen) atoms. The van der Waals surface area contributed by atoms with E-state index in [1.165, 1.54) is 6.08 Å². The van der Waals surface area contributed by atoms with E-state index in [0.29, 0.717) is 17.4 Å². The molecule has 0 N–H and O–H groups in total. The first-order valence-corrected chi connectivity index (χ1v) is 4.74. The number of carbonyl (C=O) groups excluding carboxylic acids is 1. The van der Waals surface area contributed by atoms with Crippen molar-refractivity contribution in [3.63, 3.8) is 0 Å². The Balaban J connectivity index is 2.42. The van der Waals surface area contributed by atoms with Crippen LogP contribution in [0.3, 0.4) is 0 Å². The molecule has 2 rings (SSSR count). The number of ether oxygens (including phenoxy) is 2. The molecule has 5 heteroatoms. The highest BCUT2D eigenvalue weighted by Gasteiger charge is 2.15.